The molecule has 0 aliphatic carbocycles. The molecule has 0 saturated heterocycles. The normalized spacial score (nSPS) is 13.1. The van der Waals surface area contributed by atoms with E-state index in [1.165, 1.54) is 16.7 Å². The fraction of sp³-hybridized carbons (Fsp3) is 0.571. The third-order valence-corrected chi connectivity index (χ3v) is 2.95. The minimum absolute atomic E-state index is 0.386. The van der Waals surface area contributed by atoms with Crippen LogP contribution in [0.15, 0.2) is 18.2 Å². The fourth-order valence-electron chi connectivity index (χ4n) is 2.04. The van der Waals surface area contributed by atoms with E-state index >= 15 is 0 Å². The Hall–Kier alpha value is -0.900. The summed E-state index contributed by atoms with van der Waals surface area (Å²) in [7, 11) is 3.62. The smallest absolute Gasteiger partial charge is 0.0900 e. The molecule has 0 amide bonds. The minimum atomic E-state index is -0.422. The molecule has 0 aliphatic heterocycles. The highest BCUT2D eigenvalue weighted by Gasteiger charge is 2.10. The van der Waals surface area contributed by atoms with Gasteiger partial charge >= 0.3 is 0 Å². The molecule has 1 aromatic carbocycles. The zero-order valence-electron chi connectivity index (χ0n) is 11.2. The molecule has 1 aromatic rings. The highest BCUT2D eigenvalue weighted by Crippen LogP contribution is 2.15. The molecule has 1 atom stereocenters. The van der Waals surface area contributed by atoms with Crippen LogP contribution in [-0.2, 0) is 11.3 Å². The quantitative estimate of drug-likeness (QED) is 0.818. The Morgan fingerprint density at radius 2 is 1.88 bits per heavy atom. The maximum Gasteiger partial charge on any atom is 0.0900 e. The van der Waals surface area contributed by atoms with Crippen molar-refractivity contribution in [1.29, 1.82) is 0 Å². The van der Waals surface area contributed by atoms with Crippen molar-refractivity contribution in [2.45, 2.75) is 26.5 Å². The molecular formula is C14H23NO2. The van der Waals surface area contributed by atoms with Crippen LogP contribution in [-0.4, -0.2) is 43.4 Å². The first-order valence-electron chi connectivity index (χ1n) is 5.95. The molecule has 0 heterocycles. The Balaban J connectivity index is 2.59. The number of rotatable bonds is 6. The number of aliphatic hydroxyl groups excluding tert-OH is 1. The Bertz CT molecular complexity index is 332. The third-order valence-electron chi connectivity index (χ3n) is 2.95. The van der Waals surface area contributed by atoms with Gasteiger partial charge in [-0.3, -0.25) is 4.90 Å². The van der Waals surface area contributed by atoms with Crippen LogP contribution in [0.3, 0.4) is 0 Å². The van der Waals surface area contributed by atoms with Crippen LogP contribution in [0, 0.1) is 13.8 Å². The van der Waals surface area contributed by atoms with E-state index < -0.39 is 6.10 Å². The lowest BCUT2D eigenvalue weighted by Crippen LogP contribution is -2.31. The standard InChI is InChI=1S/C14H23NO2/c1-11-6-5-7-12(2)14(11)9-15(3)8-13(16)10-17-4/h5-7,13,16H,8-10H2,1-4H3/t13-/m1/s1. The van der Waals surface area contributed by atoms with Crippen LogP contribution in [0.4, 0.5) is 0 Å². The lowest BCUT2D eigenvalue weighted by atomic mass is 10.0. The van der Waals surface area contributed by atoms with Crippen molar-refractivity contribution in [2.24, 2.45) is 0 Å². The molecule has 3 nitrogen and oxygen atoms in total. The molecule has 0 aromatic heterocycles. The molecule has 0 spiro atoms. The Morgan fingerprint density at radius 1 is 1.29 bits per heavy atom. The molecule has 3 heteroatoms. The highest BCUT2D eigenvalue weighted by molar-refractivity contribution is 5.33. The summed E-state index contributed by atoms with van der Waals surface area (Å²) in [6.07, 6.45) is -0.422. The molecule has 0 fully saturated rings. The lowest BCUT2D eigenvalue weighted by Gasteiger charge is -2.22. The number of hydrogen-bond acceptors (Lipinski definition) is 3. The fourth-order valence-corrected chi connectivity index (χ4v) is 2.04. The molecule has 1 N–H and O–H groups in total. The van der Waals surface area contributed by atoms with E-state index in [0.29, 0.717) is 13.2 Å². The number of ether oxygens (including phenoxy) is 1. The molecule has 0 bridgehead atoms. The van der Waals surface area contributed by atoms with Gasteiger partial charge in [0.15, 0.2) is 0 Å². The van der Waals surface area contributed by atoms with Crippen molar-refractivity contribution in [3.63, 3.8) is 0 Å². The predicted octanol–water partition coefficient (Wildman–Crippen LogP) is 1.74. The van der Waals surface area contributed by atoms with E-state index in [-0.39, 0.29) is 0 Å². The Labute approximate surface area is 104 Å². The summed E-state index contributed by atoms with van der Waals surface area (Å²) in [6, 6.07) is 6.33. The van der Waals surface area contributed by atoms with Gasteiger partial charge in [0.25, 0.3) is 0 Å². The summed E-state index contributed by atoms with van der Waals surface area (Å²) in [5.74, 6) is 0. The number of aryl methyl sites for hydroxylation is 2. The van der Waals surface area contributed by atoms with Gasteiger partial charge in [-0.05, 0) is 37.6 Å². The van der Waals surface area contributed by atoms with Crippen molar-refractivity contribution >= 4 is 0 Å². The van der Waals surface area contributed by atoms with Gasteiger partial charge in [0.2, 0.25) is 0 Å². The van der Waals surface area contributed by atoms with Crippen molar-refractivity contribution in [2.75, 3.05) is 27.3 Å². The van der Waals surface area contributed by atoms with Gasteiger partial charge in [0, 0.05) is 20.2 Å². The largest absolute Gasteiger partial charge is 0.389 e. The van der Waals surface area contributed by atoms with E-state index in [1.807, 2.05) is 7.05 Å². The molecular weight excluding hydrogens is 214 g/mol. The zero-order chi connectivity index (χ0) is 12.8. The first kappa shape index (κ1) is 14.2. The van der Waals surface area contributed by atoms with Gasteiger partial charge in [0.1, 0.15) is 0 Å². The lowest BCUT2D eigenvalue weighted by molar-refractivity contribution is 0.0418. The van der Waals surface area contributed by atoms with E-state index in [1.54, 1.807) is 7.11 Å². The van der Waals surface area contributed by atoms with Crippen LogP contribution in [0.25, 0.3) is 0 Å². The van der Waals surface area contributed by atoms with Crippen LogP contribution < -0.4 is 0 Å². The number of benzene rings is 1. The van der Waals surface area contributed by atoms with Gasteiger partial charge in [0.05, 0.1) is 12.7 Å². The summed E-state index contributed by atoms with van der Waals surface area (Å²) < 4.78 is 4.93. The summed E-state index contributed by atoms with van der Waals surface area (Å²) in [5, 5.41) is 9.67. The SMILES string of the molecule is COC[C@H](O)CN(C)Cc1c(C)cccc1C. The number of methoxy groups -OCH3 is 1. The topological polar surface area (TPSA) is 32.7 Å². The molecule has 0 saturated carbocycles. The maximum absolute atomic E-state index is 9.67. The van der Waals surface area contributed by atoms with Gasteiger partial charge in [-0.2, -0.15) is 0 Å². The van der Waals surface area contributed by atoms with E-state index in [9.17, 15) is 5.11 Å². The second kappa shape index (κ2) is 6.74. The number of aliphatic hydroxyl groups is 1. The van der Waals surface area contributed by atoms with Crippen molar-refractivity contribution in [1.82, 2.24) is 4.90 Å². The summed E-state index contributed by atoms with van der Waals surface area (Å²) in [5.41, 5.74) is 3.95. The van der Waals surface area contributed by atoms with Crippen molar-refractivity contribution in [3.8, 4) is 0 Å². The molecule has 0 aliphatic rings. The summed E-state index contributed by atoms with van der Waals surface area (Å²) in [6.45, 7) is 6.13. The van der Waals surface area contributed by atoms with E-state index in [0.717, 1.165) is 6.54 Å². The number of hydrogen-bond donors (Lipinski definition) is 1. The van der Waals surface area contributed by atoms with Crippen molar-refractivity contribution in [3.05, 3.63) is 34.9 Å². The van der Waals surface area contributed by atoms with Gasteiger partial charge in [-0.25, -0.2) is 0 Å². The average Bonchev–Trinajstić information content (AvgIpc) is 2.24. The molecule has 96 valence electrons. The second-order valence-corrected chi connectivity index (χ2v) is 4.68. The molecule has 0 unspecified atom stereocenters. The van der Waals surface area contributed by atoms with Crippen LogP contribution in [0.5, 0.6) is 0 Å². The Morgan fingerprint density at radius 3 is 2.41 bits per heavy atom. The maximum atomic E-state index is 9.67. The van der Waals surface area contributed by atoms with E-state index in [4.69, 9.17) is 4.74 Å². The third kappa shape index (κ3) is 4.46. The summed E-state index contributed by atoms with van der Waals surface area (Å²) in [4.78, 5) is 2.12. The van der Waals surface area contributed by atoms with Gasteiger partial charge in [-0.1, -0.05) is 18.2 Å². The van der Waals surface area contributed by atoms with E-state index in [2.05, 4.69) is 36.9 Å². The van der Waals surface area contributed by atoms with Gasteiger partial charge in [-0.15, -0.1) is 0 Å². The van der Waals surface area contributed by atoms with Crippen LogP contribution >= 0.6 is 0 Å². The highest BCUT2D eigenvalue weighted by atomic mass is 16.5. The molecule has 17 heavy (non-hydrogen) atoms. The monoisotopic (exact) mass is 237 g/mol. The predicted molar refractivity (Wildman–Crippen MR) is 70.1 cm³/mol. The minimum Gasteiger partial charge on any atom is -0.389 e. The van der Waals surface area contributed by atoms with Crippen LogP contribution in [0.2, 0.25) is 0 Å². The first-order chi connectivity index (χ1) is 8.04. The van der Waals surface area contributed by atoms with Crippen molar-refractivity contribution < 1.29 is 9.84 Å². The second-order valence-electron chi connectivity index (χ2n) is 4.68. The average molecular weight is 237 g/mol. The van der Waals surface area contributed by atoms with Crippen LogP contribution in [0.1, 0.15) is 16.7 Å². The van der Waals surface area contributed by atoms with Gasteiger partial charge < -0.3 is 9.84 Å². The molecule has 1 rings (SSSR count). The first-order valence-corrected chi connectivity index (χ1v) is 5.95. The number of nitrogens with zero attached hydrogens (tertiary/aromatic N) is 1. The number of likely N-dealkylation sites (N-methyl/N-ethyl adjacent to an activating group) is 1. The summed E-state index contributed by atoms with van der Waals surface area (Å²) >= 11 is 0. The molecule has 0 radical (unpaired) electrons. The Kier molecular flexibility index (Phi) is 5.62. The zero-order valence-corrected chi connectivity index (χ0v) is 11.2.